The minimum absolute atomic E-state index is 0. The number of nitro benzene ring substituents is 1. The van der Waals surface area contributed by atoms with E-state index in [-0.39, 0.29) is 24.0 Å². The number of nitrogens with one attached hydrogen (secondary N) is 1. The van der Waals surface area contributed by atoms with Crippen LogP contribution in [0.2, 0.25) is 0 Å². The van der Waals surface area contributed by atoms with Crippen molar-refractivity contribution in [1.82, 2.24) is 4.90 Å². The molecule has 2 aromatic rings. The maximum absolute atomic E-state index is 12.3. The fraction of sp³-hybridized carbons (Fsp3) is 0.381. The largest absolute Gasteiger partial charge is 0.330 e. The van der Waals surface area contributed by atoms with Gasteiger partial charge in [-0.1, -0.05) is 30.3 Å². The Morgan fingerprint density at radius 2 is 1.97 bits per heavy atom. The van der Waals surface area contributed by atoms with Gasteiger partial charge in [0, 0.05) is 49.8 Å². The molecular weight excluding hydrogens is 392 g/mol. The molecule has 1 fully saturated rings. The van der Waals surface area contributed by atoms with Crippen molar-refractivity contribution in [2.45, 2.75) is 19.3 Å². The molecule has 3 N–H and O–H groups in total. The maximum atomic E-state index is 12.3. The van der Waals surface area contributed by atoms with E-state index in [1.807, 2.05) is 18.2 Å². The molecule has 7 nitrogen and oxygen atoms in total. The van der Waals surface area contributed by atoms with Gasteiger partial charge in [0.15, 0.2) is 0 Å². The Balaban J connectivity index is 0.00000300. The number of hydrogen-bond donors (Lipinski definition) is 2. The molecule has 1 aliphatic rings. The summed E-state index contributed by atoms with van der Waals surface area (Å²) in [4.78, 5) is 25.0. The van der Waals surface area contributed by atoms with Crippen molar-refractivity contribution in [1.29, 1.82) is 0 Å². The predicted octanol–water partition coefficient (Wildman–Crippen LogP) is 3.33. The highest BCUT2D eigenvalue weighted by Gasteiger charge is 2.32. The van der Waals surface area contributed by atoms with Gasteiger partial charge in [-0.25, -0.2) is 0 Å². The molecule has 2 atom stereocenters. The van der Waals surface area contributed by atoms with E-state index in [2.05, 4.69) is 22.3 Å². The van der Waals surface area contributed by atoms with Crippen LogP contribution in [-0.4, -0.2) is 41.9 Å². The summed E-state index contributed by atoms with van der Waals surface area (Å²) in [7, 11) is 0. The van der Waals surface area contributed by atoms with Crippen molar-refractivity contribution < 1.29 is 9.72 Å². The molecule has 1 saturated heterocycles. The number of hydrogen-bond acceptors (Lipinski definition) is 5. The maximum Gasteiger partial charge on any atom is 0.269 e. The van der Waals surface area contributed by atoms with Gasteiger partial charge in [0.2, 0.25) is 5.91 Å². The van der Waals surface area contributed by atoms with Crippen LogP contribution in [0.4, 0.5) is 11.4 Å². The molecule has 0 unspecified atom stereocenters. The van der Waals surface area contributed by atoms with E-state index in [1.165, 1.54) is 17.7 Å². The molecule has 1 aliphatic heterocycles. The summed E-state index contributed by atoms with van der Waals surface area (Å²) in [6.45, 7) is 4.83. The first-order valence-electron chi connectivity index (χ1n) is 9.50. The molecule has 1 heterocycles. The van der Waals surface area contributed by atoms with Crippen molar-refractivity contribution in [2.75, 3.05) is 31.5 Å². The molecule has 1 amide bonds. The molecule has 0 saturated carbocycles. The number of non-ortho nitro benzene ring substituents is 1. The number of aryl methyl sites for hydroxylation is 1. The Bertz CT molecular complexity index is 847. The van der Waals surface area contributed by atoms with Crippen molar-refractivity contribution in [3.8, 4) is 0 Å². The third-order valence-electron chi connectivity index (χ3n) is 5.40. The Hall–Kier alpha value is -2.48. The number of nitrogens with two attached hydrogens (primary N) is 1. The number of nitro groups is 1. The highest BCUT2D eigenvalue weighted by molar-refractivity contribution is 5.91. The van der Waals surface area contributed by atoms with Gasteiger partial charge in [-0.3, -0.25) is 14.9 Å². The number of amides is 1. The lowest BCUT2D eigenvalue weighted by atomic mass is 9.89. The molecule has 0 aromatic heterocycles. The SMILES string of the molecule is Cc1cc([N+](=O)[O-])ccc1NC(=O)CCN1C[C@@H](CN)[C@H](c2ccccc2)C1.Cl. The molecule has 29 heavy (non-hydrogen) atoms. The van der Waals surface area contributed by atoms with Crippen LogP contribution in [0, 0.1) is 23.0 Å². The fourth-order valence-electron chi connectivity index (χ4n) is 3.83. The van der Waals surface area contributed by atoms with Gasteiger partial charge in [-0.15, -0.1) is 12.4 Å². The quantitative estimate of drug-likeness (QED) is 0.530. The molecule has 8 heteroatoms. The summed E-state index contributed by atoms with van der Waals surface area (Å²) in [5.41, 5.74) is 8.58. The number of likely N-dealkylation sites (tertiary alicyclic amines) is 1. The average molecular weight is 419 g/mol. The van der Waals surface area contributed by atoms with Gasteiger partial charge < -0.3 is 16.0 Å². The van der Waals surface area contributed by atoms with E-state index in [1.54, 1.807) is 13.0 Å². The Morgan fingerprint density at radius 3 is 2.59 bits per heavy atom. The van der Waals surface area contributed by atoms with Gasteiger partial charge in [-0.2, -0.15) is 0 Å². The summed E-state index contributed by atoms with van der Waals surface area (Å²) in [5, 5.41) is 13.7. The second-order valence-electron chi connectivity index (χ2n) is 7.33. The van der Waals surface area contributed by atoms with E-state index in [0.717, 1.165) is 13.1 Å². The summed E-state index contributed by atoms with van der Waals surface area (Å²) in [5.74, 6) is 0.693. The first-order valence-corrected chi connectivity index (χ1v) is 9.50. The number of carbonyl (C=O) groups is 1. The second-order valence-corrected chi connectivity index (χ2v) is 7.33. The van der Waals surface area contributed by atoms with Crippen molar-refractivity contribution in [2.24, 2.45) is 11.7 Å². The van der Waals surface area contributed by atoms with Crippen LogP contribution in [0.25, 0.3) is 0 Å². The topological polar surface area (TPSA) is 102 Å². The number of carbonyl (C=O) groups excluding carboxylic acids is 1. The lowest BCUT2D eigenvalue weighted by Gasteiger charge is -2.17. The van der Waals surface area contributed by atoms with Crippen LogP contribution in [0.5, 0.6) is 0 Å². The van der Waals surface area contributed by atoms with E-state index in [0.29, 0.717) is 42.6 Å². The third kappa shape index (κ3) is 5.76. The van der Waals surface area contributed by atoms with Gasteiger partial charge in [-0.05, 0) is 36.6 Å². The summed E-state index contributed by atoms with van der Waals surface area (Å²) < 4.78 is 0. The molecule has 2 aromatic carbocycles. The first-order chi connectivity index (χ1) is 13.5. The first kappa shape index (κ1) is 22.8. The van der Waals surface area contributed by atoms with Crippen LogP contribution in [0.1, 0.15) is 23.5 Å². The number of rotatable bonds is 7. The minimum atomic E-state index is -0.441. The highest BCUT2D eigenvalue weighted by Crippen LogP contribution is 2.32. The smallest absolute Gasteiger partial charge is 0.269 e. The zero-order valence-corrected chi connectivity index (χ0v) is 17.2. The molecule has 0 bridgehead atoms. The molecular formula is C21H27ClN4O3. The Morgan fingerprint density at radius 1 is 1.24 bits per heavy atom. The zero-order valence-electron chi connectivity index (χ0n) is 16.4. The lowest BCUT2D eigenvalue weighted by Crippen LogP contribution is -2.27. The van der Waals surface area contributed by atoms with Gasteiger partial charge >= 0.3 is 0 Å². The molecule has 0 spiro atoms. The van der Waals surface area contributed by atoms with Crippen molar-refractivity contribution in [3.05, 3.63) is 69.8 Å². The van der Waals surface area contributed by atoms with Crippen LogP contribution in [-0.2, 0) is 4.79 Å². The number of nitrogens with zero attached hydrogens (tertiary/aromatic N) is 2. The zero-order chi connectivity index (χ0) is 20.1. The number of benzene rings is 2. The van der Waals surface area contributed by atoms with E-state index >= 15 is 0 Å². The van der Waals surface area contributed by atoms with Crippen molar-refractivity contribution >= 4 is 29.7 Å². The van der Waals surface area contributed by atoms with E-state index in [9.17, 15) is 14.9 Å². The van der Waals surface area contributed by atoms with Crippen LogP contribution >= 0.6 is 12.4 Å². The van der Waals surface area contributed by atoms with Crippen LogP contribution < -0.4 is 11.1 Å². The monoisotopic (exact) mass is 418 g/mol. The van der Waals surface area contributed by atoms with Crippen molar-refractivity contribution in [3.63, 3.8) is 0 Å². The van der Waals surface area contributed by atoms with Crippen LogP contribution in [0.15, 0.2) is 48.5 Å². The number of anilines is 1. The predicted molar refractivity (Wildman–Crippen MR) is 116 cm³/mol. The summed E-state index contributed by atoms with van der Waals surface area (Å²) in [6, 6.07) is 14.8. The normalized spacial score (nSPS) is 18.8. The fourth-order valence-corrected chi connectivity index (χ4v) is 3.83. The molecule has 0 aliphatic carbocycles. The lowest BCUT2D eigenvalue weighted by molar-refractivity contribution is -0.384. The highest BCUT2D eigenvalue weighted by atomic mass is 35.5. The standard InChI is InChI=1S/C21H26N4O3.ClH/c1-15-11-18(25(27)28)7-8-20(15)23-21(26)9-10-24-13-17(12-22)19(14-24)16-5-3-2-4-6-16;/h2-8,11,17,19H,9-10,12-14,22H2,1H3,(H,23,26);1H/t17-,19+;/m1./s1. The van der Waals surface area contributed by atoms with Gasteiger partial charge in [0.25, 0.3) is 5.69 Å². The Labute approximate surface area is 176 Å². The van der Waals surface area contributed by atoms with Gasteiger partial charge in [0.05, 0.1) is 4.92 Å². The summed E-state index contributed by atoms with van der Waals surface area (Å²) in [6.07, 6.45) is 0.370. The Kier molecular flexibility index (Phi) is 8.13. The average Bonchev–Trinajstić information content (AvgIpc) is 3.12. The van der Waals surface area contributed by atoms with E-state index in [4.69, 9.17) is 5.73 Å². The molecule has 3 rings (SSSR count). The third-order valence-corrected chi connectivity index (χ3v) is 5.40. The molecule has 0 radical (unpaired) electrons. The second kappa shape index (κ2) is 10.3. The van der Waals surface area contributed by atoms with E-state index < -0.39 is 4.92 Å². The van der Waals surface area contributed by atoms with Gasteiger partial charge in [0.1, 0.15) is 0 Å². The van der Waals surface area contributed by atoms with Crippen LogP contribution in [0.3, 0.4) is 0 Å². The molecule has 156 valence electrons. The minimum Gasteiger partial charge on any atom is -0.330 e. The number of halogens is 1. The summed E-state index contributed by atoms with van der Waals surface area (Å²) >= 11 is 0.